The van der Waals surface area contributed by atoms with E-state index in [0.717, 1.165) is 19.4 Å². The summed E-state index contributed by atoms with van der Waals surface area (Å²) in [6, 6.07) is 0.0191. The molecule has 3 N–H and O–H groups in total. The number of hydrogen-bond acceptors (Lipinski definition) is 4. The number of Topliss-reactive ketones (excluding diaryl/α,β-unsaturated/α-hetero) is 1. The minimum absolute atomic E-state index is 0.0158. The van der Waals surface area contributed by atoms with Crippen LogP contribution in [0.15, 0.2) is 0 Å². The molecule has 0 aromatic heterocycles. The molecule has 1 fully saturated rings. The lowest BCUT2D eigenvalue weighted by molar-refractivity contribution is -0.129. The van der Waals surface area contributed by atoms with Crippen molar-refractivity contribution in [3.05, 3.63) is 0 Å². The second-order valence-corrected chi connectivity index (χ2v) is 6.46. The highest BCUT2D eigenvalue weighted by atomic mass is 16.2. The molecule has 1 rings (SSSR count). The van der Waals surface area contributed by atoms with Crippen LogP contribution in [0.1, 0.15) is 47.0 Å². The minimum Gasteiger partial charge on any atom is -0.345 e. The Hall–Kier alpha value is -0.940. The average Bonchev–Trinajstić information content (AvgIpc) is 2.89. The number of ketones is 1. The molecule has 5 heteroatoms. The molecular weight excluding hydrogens is 266 g/mol. The first-order chi connectivity index (χ1) is 9.90. The summed E-state index contributed by atoms with van der Waals surface area (Å²) in [5.41, 5.74) is 5.84. The number of likely N-dealkylation sites (N-methyl/N-ethyl adjacent to an activating group) is 1. The molecule has 0 radical (unpaired) electrons. The van der Waals surface area contributed by atoms with E-state index >= 15 is 0 Å². The molecule has 122 valence electrons. The van der Waals surface area contributed by atoms with Crippen molar-refractivity contribution in [2.24, 2.45) is 17.6 Å². The molecule has 1 amide bonds. The SMILES string of the molecule is CCN(CC(=O)NC(C(C)=O)C(C)C)C1CCCC1CN. The second-order valence-electron chi connectivity index (χ2n) is 6.46. The molecule has 1 aliphatic carbocycles. The van der Waals surface area contributed by atoms with Crippen LogP contribution in [0.25, 0.3) is 0 Å². The van der Waals surface area contributed by atoms with E-state index in [1.807, 2.05) is 13.8 Å². The third kappa shape index (κ3) is 5.08. The van der Waals surface area contributed by atoms with Gasteiger partial charge >= 0.3 is 0 Å². The van der Waals surface area contributed by atoms with Gasteiger partial charge in [0, 0.05) is 6.04 Å². The predicted octanol–water partition coefficient (Wildman–Crippen LogP) is 1.17. The number of carbonyl (C=O) groups is 2. The molecule has 5 nitrogen and oxygen atoms in total. The molecule has 3 atom stereocenters. The maximum atomic E-state index is 12.2. The number of nitrogens with two attached hydrogens (primary N) is 1. The van der Waals surface area contributed by atoms with Gasteiger partial charge in [-0.3, -0.25) is 14.5 Å². The van der Waals surface area contributed by atoms with Gasteiger partial charge in [0.25, 0.3) is 0 Å². The lowest BCUT2D eigenvalue weighted by Crippen LogP contribution is -2.50. The van der Waals surface area contributed by atoms with E-state index in [0.29, 0.717) is 25.0 Å². The number of rotatable bonds is 8. The van der Waals surface area contributed by atoms with Crippen molar-refractivity contribution in [2.75, 3.05) is 19.6 Å². The van der Waals surface area contributed by atoms with Crippen LogP contribution in [0.4, 0.5) is 0 Å². The maximum absolute atomic E-state index is 12.2. The largest absolute Gasteiger partial charge is 0.345 e. The van der Waals surface area contributed by atoms with E-state index in [4.69, 9.17) is 5.73 Å². The molecule has 0 spiro atoms. The van der Waals surface area contributed by atoms with Gasteiger partial charge in [-0.1, -0.05) is 27.2 Å². The highest BCUT2D eigenvalue weighted by Crippen LogP contribution is 2.28. The first-order valence-corrected chi connectivity index (χ1v) is 8.14. The standard InChI is InChI=1S/C16H31N3O2/c1-5-19(14-8-6-7-13(14)9-17)10-15(21)18-16(11(2)3)12(4)20/h11,13-14,16H,5-10,17H2,1-4H3,(H,18,21). The summed E-state index contributed by atoms with van der Waals surface area (Å²) in [6.07, 6.45) is 3.46. The van der Waals surface area contributed by atoms with Crippen LogP contribution < -0.4 is 11.1 Å². The molecule has 0 aromatic carbocycles. The molecule has 0 heterocycles. The third-order valence-corrected chi connectivity index (χ3v) is 4.56. The summed E-state index contributed by atoms with van der Waals surface area (Å²) in [4.78, 5) is 26.0. The summed E-state index contributed by atoms with van der Waals surface area (Å²) in [5.74, 6) is 0.562. The fraction of sp³-hybridized carbons (Fsp3) is 0.875. The lowest BCUT2D eigenvalue weighted by atomic mass is 10.0. The van der Waals surface area contributed by atoms with Gasteiger partial charge in [-0.25, -0.2) is 0 Å². The molecule has 0 aromatic rings. The first kappa shape index (κ1) is 18.1. The molecule has 1 saturated carbocycles. The van der Waals surface area contributed by atoms with Crippen LogP contribution >= 0.6 is 0 Å². The quantitative estimate of drug-likeness (QED) is 0.705. The van der Waals surface area contributed by atoms with Crippen LogP contribution in [0.5, 0.6) is 0 Å². The molecule has 0 aliphatic heterocycles. The molecular formula is C16H31N3O2. The van der Waals surface area contributed by atoms with Crippen molar-refractivity contribution in [1.82, 2.24) is 10.2 Å². The van der Waals surface area contributed by atoms with Crippen LogP contribution in [-0.2, 0) is 9.59 Å². The lowest BCUT2D eigenvalue weighted by Gasteiger charge is -2.32. The summed E-state index contributed by atoms with van der Waals surface area (Å²) < 4.78 is 0. The van der Waals surface area contributed by atoms with Crippen molar-refractivity contribution in [1.29, 1.82) is 0 Å². The monoisotopic (exact) mass is 297 g/mol. The predicted molar refractivity (Wildman–Crippen MR) is 84.9 cm³/mol. The molecule has 21 heavy (non-hydrogen) atoms. The van der Waals surface area contributed by atoms with Gasteiger partial charge in [-0.2, -0.15) is 0 Å². The summed E-state index contributed by atoms with van der Waals surface area (Å²) in [7, 11) is 0. The number of hydrogen-bond donors (Lipinski definition) is 2. The van der Waals surface area contributed by atoms with Crippen molar-refractivity contribution in [3.8, 4) is 0 Å². The smallest absolute Gasteiger partial charge is 0.234 e. The highest BCUT2D eigenvalue weighted by Gasteiger charge is 2.32. The fourth-order valence-electron chi connectivity index (χ4n) is 3.38. The van der Waals surface area contributed by atoms with Gasteiger partial charge in [-0.05, 0) is 44.7 Å². The zero-order valence-corrected chi connectivity index (χ0v) is 13.9. The first-order valence-electron chi connectivity index (χ1n) is 8.14. The van der Waals surface area contributed by atoms with Gasteiger partial charge < -0.3 is 11.1 Å². The Morgan fingerprint density at radius 2 is 2.00 bits per heavy atom. The van der Waals surface area contributed by atoms with Gasteiger partial charge in [0.2, 0.25) is 5.91 Å². The van der Waals surface area contributed by atoms with E-state index in [1.54, 1.807) is 0 Å². The number of nitrogens with one attached hydrogen (secondary N) is 1. The van der Waals surface area contributed by atoms with E-state index in [2.05, 4.69) is 17.1 Å². The van der Waals surface area contributed by atoms with E-state index in [1.165, 1.54) is 13.3 Å². The maximum Gasteiger partial charge on any atom is 0.234 e. The summed E-state index contributed by atoms with van der Waals surface area (Å²) in [5, 5.41) is 2.88. The topological polar surface area (TPSA) is 75.4 Å². The van der Waals surface area contributed by atoms with Crippen LogP contribution in [0, 0.1) is 11.8 Å². The normalized spacial score (nSPS) is 23.6. The molecule has 0 bridgehead atoms. The zero-order valence-electron chi connectivity index (χ0n) is 13.9. The van der Waals surface area contributed by atoms with Crippen LogP contribution in [-0.4, -0.2) is 48.3 Å². The molecule has 1 aliphatic rings. The van der Waals surface area contributed by atoms with E-state index in [9.17, 15) is 9.59 Å². The Kier molecular flexibility index (Phi) is 7.32. The number of amides is 1. The van der Waals surface area contributed by atoms with Crippen molar-refractivity contribution in [3.63, 3.8) is 0 Å². The van der Waals surface area contributed by atoms with Crippen molar-refractivity contribution < 1.29 is 9.59 Å². The van der Waals surface area contributed by atoms with Gasteiger partial charge in [-0.15, -0.1) is 0 Å². The van der Waals surface area contributed by atoms with Gasteiger partial charge in [0.05, 0.1) is 12.6 Å². The number of carbonyl (C=O) groups excluding carboxylic acids is 2. The van der Waals surface area contributed by atoms with Gasteiger partial charge in [0.15, 0.2) is 5.78 Å². The summed E-state index contributed by atoms with van der Waals surface area (Å²) in [6.45, 7) is 9.38. The molecule has 3 unspecified atom stereocenters. The summed E-state index contributed by atoms with van der Waals surface area (Å²) >= 11 is 0. The number of nitrogens with zero attached hydrogens (tertiary/aromatic N) is 1. The van der Waals surface area contributed by atoms with Crippen molar-refractivity contribution in [2.45, 2.75) is 59.0 Å². The molecule has 0 saturated heterocycles. The minimum atomic E-state index is -0.384. The Bertz CT molecular complexity index is 357. The van der Waals surface area contributed by atoms with Crippen LogP contribution in [0.3, 0.4) is 0 Å². The second kappa shape index (κ2) is 8.49. The van der Waals surface area contributed by atoms with E-state index < -0.39 is 0 Å². The Morgan fingerprint density at radius 1 is 1.33 bits per heavy atom. The zero-order chi connectivity index (χ0) is 16.0. The Morgan fingerprint density at radius 3 is 2.48 bits per heavy atom. The fourth-order valence-corrected chi connectivity index (χ4v) is 3.38. The third-order valence-electron chi connectivity index (χ3n) is 4.56. The van der Waals surface area contributed by atoms with Gasteiger partial charge in [0.1, 0.15) is 0 Å². The Balaban J connectivity index is 2.60. The average molecular weight is 297 g/mol. The highest BCUT2D eigenvalue weighted by molar-refractivity contribution is 5.88. The van der Waals surface area contributed by atoms with Crippen LogP contribution in [0.2, 0.25) is 0 Å². The van der Waals surface area contributed by atoms with E-state index in [-0.39, 0.29) is 23.7 Å². The Labute approximate surface area is 128 Å². The van der Waals surface area contributed by atoms with Crippen molar-refractivity contribution >= 4 is 11.7 Å².